The molecule has 2 aliphatic heterocycles. The fourth-order valence-electron chi connectivity index (χ4n) is 3.02. The number of piperidine rings is 2. The van der Waals surface area contributed by atoms with Gasteiger partial charge in [0.15, 0.2) is 0 Å². The summed E-state index contributed by atoms with van der Waals surface area (Å²) in [6.07, 6.45) is 3.88. The van der Waals surface area contributed by atoms with E-state index in [1.165, 1.54) is 32.5 Å². The number of hydrogen-bond acceptors (Lipinski definition) is 2. The first kappa shape index (κ1) is 25.6. The molecule has 0 spiro atoms. The SMILES string of the molecule is CC.CC.CC#CC.CCN1CCC(CN2CCCC(F)C2)CC1. The van der Waals surface area contributed by atoms with Crippen LogP contribution < -0.4 is 0 Å². The van der Waals surface area contributed by atoms with E-state index in [9.17, 15) is 4.39 Å². The van der Waals surface area contributed by atoms with Crippen LogP contribution in [-0.4, -0.2) is 55.2 Å². The molecule has 2 saturated heterocycles. The molecular weight excluding hydrogens is 299 g/mol. The van der Waals surface area contributed by atoms with Crippen LogP contribution >= 0.6 is 0 Å². The zero-order valence-corrected chi connectivity index (χ0v) is 17.5. The maximum absolute atomic E-state index is 13.3. The lowest BCUT2D eigenvalue weighted by molar-refractivity contribution is 0.0982. The highest BCUT2D eigenvalue weighted by Gasteiger charge is 2.24. The Morgan fingerprint density at radius 1 is 0.875 bits per heavy atom. The van der Waals surface area contributed by atoms with E-state index in [4.69, 9.17) is 0 Å². The fraction of sp³-hybridized carbons (Fsp3) is 0.905. The van der Waals surface area contributed by atoms with Crippen molar-refractivity contribution in [3.8, 4) is 11.8 Å². The normalized spacial score (nSPS) is 21.6. The van der Waals surface area contributed by atoms with Crippen LogP contribution in [0, 0.1) is 17.8 Å². The monoisotopic (exact) mass is 342 g/mol. The average Bonchev–Trinajstić information content (AvgIpc) is 2.66. The third-order valence-electron chi connectivity index (χ3n) is 4.37. The summed E-state index contributed by atoms with van der Waals surface area (Å²) in [5, 5.41) is 0. The van der Waals surface area contributed by atoms with Crippen LogP contribution in [0.4, 0.5) is 4.39 Å². The highest BCUT2D eigenvalue weighted by molar-refractivity contribution is 4.89. The van der Waals surface area contributed by atoms with Crippen molar-refractivity contribution in [1.82, 2.24) is 9.80 Å². The van der Waals surface area contributed by atoms with E-state index in [1.807, 2.05) is 41.5 Å². The van der Waals surface area contributed by atoms with Gasteiger partial charge in [-0.3, -0.25) is 0 Å². The third-order valence-corrected chi connectivity index (χ3v) is 4.37. The van der Waals surface area contributed by atoms with Gasteiger partial charge in [-0.25, -0.2) is 4.39 Å². The van der Waals surface area contributed by atoms with Crippen molar-refractivity contribution in [2.75, 3.05) is 39.3 Å². The van der Waals surface area contributed by atoms with E-state index in [0.717, 1.165) is 31.8 Å². The number of alkyl halides is 1. The molecule has 0 aliphatic carbocycles. The van der Waals surface area contributed by atoms with Gasteiger partial charge < -0.3 is 9.80 Å². The van der Waals surface area contributed by atoms with E-state index in [-0.39, 0.29) is 0 Å². The molecule has 1 atom stereocenters. The lowest BCUT2D eigenvalue weighted by Gasteiger charge is -2.36. The van der Waals surface area contributed by atoms with Gasteiger partial charge in [-0.15, -0.1) is 11.8 Å². The summed E-state index contributed by atoms with van der Waals surface area (Å²) >= 11 is 0. The van der Waals surface area contributed by atoms with Crippen LogP contribution in [-0.2, 0) is 0 Å². The van der Waals surface area contributed by atoms with Crippen LogP contribution in [0.15, 0.2) is 0 Å². The minimum absolute atomic E-state index is 0.565. The number of nitrogens with zero attached hydrogens (tertiary/aromatic N) is 2. The lowest BCUT2D eigenvalue weighted by atomic mass is 9.95. The van der Waals surface area contributed by atoms with Crippen LogP contribution in [0.3, 0.4) is 0 Å². The van der Waals surface area contributed by atoms with Gasteiger partial charge in [-0.05, 0) is 71.6 Å². The Morgan fingerprint density at radius 3 is 1.83 bits per heavy atom. The predicted molar refractivity (Wildman–Crippen MR) is 107 cm³/mol. The van der Waals surface area contributed by atoms with Crippen molar-refractivity contribution >= 4 is 0 Å². The molecule has 2 aliphatic rings. The second kappa shape index (κ2) is 18.7. The second-order valence-corrected chi connectivity index (χ2v) is 5.88. The lowest BCUT2D eigenvalue weighted by Crippen LogP contribution is -2.42. The van der Waals surface area contributed by atoms with Crippen molar-refractivity contribution in [3.05, 3.63) is 0 Å². The average molecular weight is 343 g/mol. The van der Waals surface area contributed by atoms with Gasteiger partial charge in [0, 0.05) is 13.1 Å². The molecule has 0 bridgehead atoms. The number of halogens is 1. The summed E-state index contributed by atoms with van der Waals surface area (Å²) in [5.74, 6) is 6.17. The Hall–Kier alpha value is -0.590. The first-order chi connectivity index (χ1) is 11.7. The fourth-order valence-corrected chi connectivity index (χ4v) is 3.02. The van der Waals surface area contributed by atoms with E-state index < -0.39 is 6.17 Å². The molecular formula is C21H43FN2. The van der Waals surface area contributed by atoms with Crippen molar-refractivity contribution < 1.29 is 4.39 Å². The van der Waals surface area contributed by atoms with Crippen molar-refractivity contribution in [2.24, 2.45) is 5.92 Å². The smallest absolute Gasteiger partial charge is 0.113 e. The first-order valence-corrected chi connectivity index (χ1v) is 10.1. The molecule has 0 aromatic rings. The van der Waals surface area contributed by atoms with Crippen molar-refractivity contribution in [2.45, 2.75) is 80.3 Å². The number of rotatable bonds is 3. The van der Waals surface area contributed by atoms with Gasteiger partial charge in [0.1, 0.15) is 6.17 Å². The van der Waals surface area contributed by atoms with Crippen LogP contribution in [0.25, 0.3) is 0 Å². The molecule has 2 heterocycles. The predicted octanol–water partition coefficient (Wildman–Crippen LogP) is 5.23. The van der Waals surface area contributed by atoms with Gasteiger partial charge in [-0.1, -0.05) is 34.6 Å². The minimum atomic E-state index is -0.565. The second-order valence-electron chi connectivity index (χ2n) is 5.88. The number of likely N-dealkylation sites (tertiary alicyclic amines) is 2. The van der Waals surface area contributed by atoms with Gasteiger partial charge in [-0.2, -0.15) is 0 Å². The Balaban J connectivity index is 0. The summed E-state index contributed by atoms with van der Waals surface area (Å²) < 4.78 is 13.3. The largest absolute Gasteiger partial charge is 0.304 e. The molecule has 0 N–H and O–H groups in total. The Bertz CT molecular complexity index is 295. The van der Waals surface area contributed by atoms with Crippen LogP contribution in [0.1, 0.15) is 74.1 Å². The summed E-state index contributed by atoms with van der Waals surface area (Å²) in [4.78, 5) is 4.87. The number of hydrogen-bond donors (Lipinski definition) is 0. The highest BCUT2D eigenvalue weighted by Crippen LogP contribution is 2.21. The Morgan fingerprint density at radius 2 is 1.42 bits per heavy atom. The molecule has 0 amide bonds. The Labute approximate surface area is 152 Å². The molecule has 3 heteroatoms. The zero-order chi connectivity index (χ0) is 18.8. The van der Waals surface area contributed by atoms with Gasteiger partial charge in [0.2, 0.25) is 0 Å². The molecule has 144 valence electrons. The molecule has 0 aromatic carbocycles. The van der Waals surface area contributed by atoms with Gasteiger partial charge >= 0.3 is 0 Å². The maximum atomic E-state index is 13.3. The summed E-state index contributed by atoms with van der Waals surface area (Å²) in [7, 11) is 0. The maximum Gasteiger partial charge on any atom is 0.113 e. The minimum Gasteiger partial charge on any atom is -0.304 e. The molecule has 0 saturated carbocycles. The van der Waals surface area contributed by atoms with Crippen molar-refractivity contribution in [3.63, 3.8) is 0 Å². The third kappa shape index (κ3) is 12.8. The highest BCUT2D eigenvalue weighted by atomic mass is 19.1. The standard InChI is InChI=1S/C13H25FN2.C4H6.2C2H6/c1-2-15-8-5-12(6-9-15)10-16-7-3-4-13(14)11-16;1-3-4-2;2*1-2/h12-13H,2-11H2,1H3;1-2H3;2*1-2H3. The molecule has 2 nitrogen and oxygen atoms in total. The van der Waals surface area contributed by atoms with Gasteiger partial charge in [0.25, 0.3) is 0 Å². The molecule has 0 aromatic heterocycles. The summed E-state index contributed by atoms with van der Waals surface area (Å²) in [6, 6.07) is 0. The molecule has 24 heavy (non-hydrogen) atoms. The summed E-state index contributed by atoms with van der Waals surface area (Å²) in [6.45, 7) is 20.5. The first-order valence-electron chi connectivity index (χ1n) is 10.1. The quantitative estimate of drug-likeness (QED) is 0.648. The van der Waals surface area contributed by atoms with E-state index >= 15 is 0 Å². The molecule has 1 unspecified atom stereocenters. The van der Waals surface area contributed by atoms with Gasteiger partial charge in [0.05, 0.1) is 0 Å². The van der Waals surface area contributed by atoms with Crippen LogP contribution in [0.5, 0.6) is 0 Å². The van der Waals surface area contributed by atoms with Crippen molar-refractivity contribution in [1.29, 1.82) is 0 Å². The Kier molecular flexibility index (Phi) is 20.0. The zero-order valence-electron chi connectivity index (χ0n) is 17.5. The summed E-state index contributed by atoms with van der Waals surface area (Å²) in [5.41, 5.74) is 0. The van der Waals surface area contributed by atoms with E-state index in [2.05, 4.69) is 28.6 Å². The van der Waals surface area contributed by atoms with E-state index in [1.54, 1.807) is 0 Å². The molecule has 2 rings (SSSR count). The molecule has 2 fully saturated rings. The van der Waals surface area contributed by atoms with Crippen LogP contribution in [0.2, 0.25) is 0 Å². The van der Waals surface area contributed by atoms with E-state index in [0.29, 0.717) is 6.54 Å². The topological polar surface area (TPSA) is 6.48 Å². The molecule has 0 radical (unpaired) electrons.